The number of carbonyl (C=O) groups is 2. The molecule has 0 aromatic heterocycles. The first-order chi connectivity index (χ1) is 24.8. The van der Waals surface area contributed by atoms with Gasteiger partial charge in [0, 0.05) is 51.9 Å². The van der Waals surface area contributed by atoms with E-state index in [-0.39, 0.29) is 28.5 Å². The van der Waals surface area contributed by atoms with Gasteiger partial charge in [0.15, 0.2) is 0 Å². The van der Waals surface area contributed by atoms with Crippen molar-refractivity contribution in [1.29, 1.82) is 0 Å². The molecule has 0 saturated heterocycles. The molecule has 7 fully saturated rings. The minimum atomic E-state index is -3.64. The van der Waals surface area contributed by atoms with E-state index in [1.807, 2.05) is 0 Å². The van der Waals surface area contributed by atoms with Crippen molar-refractivity contribution >= 4 is 32.2 Å². The van der Waals surface area contributed by atoms with Gasteiger partial charge in [0.05, 0.1) is 12.2 Å². The van der Waals surface area contributed by atoms with Crippen LogP contribution in [0.25, 0.3) is 0 Å². The maximum atomic E-state index is 12.5. The van der Waals surface area contributed by atoms with Crippen molar-refractivity contribution in [2.45, 2.75) is 142 Å². The van der Waals surface area contributed by atoms with Gasteiger partial charge >= 0.3 is 20.6 Å². The molecular formula is C41H66N2O8S2. The van der Waals surface area contributed by atoms with Crippen molar-refractivity contribution in [2.24, 2.45) is 63.6 Å². The van der Waals surface area contributed by atoms with Crippen LogP contribution in [0.15, 0.2) is 11.6 Å². The number of nitrogens with zero attached hydrogens (tertiary/aromatic N) is 2. The van der Waals surface area contributed by atoms with Crippen molar-refractivity contribution in [2.75, 3.05) is 28.2 Å². The summed E-state index contributed by atoms with van der Waals surface area (Å²) in [6.45, 7) is 6.82. The number of hydrogen-bond acceptors (Lipinski definition) is 8. The molecule has 0 aliphatic heterocycles. The predicted molar refractivity (Wildman–Crippen MR) is 204 cm³/mol. The topological polar surface area (TPSA) is 127 Å². The Kier molecular flexibility index (Phi) is 10.8. The number of fused-ring (bicyclic) bond motifs is 10. The molecule has 0 bridgehead atoms. The van der Waals surface area contributed by atoms with Gasteiger partial charge in [-0.15, -0.1) is 0 Å². The fourth-order valence-electron chi connectivity index (χ4n) is 13.7. The fraction of sp³-hybridized carbons (Fsp3) is 0.902. The van der Waals surface area contributed by atoms with Crippen LogP contribution in [-0.4, -0.2) is 77.4 Å². The standard InChI is InChI=1S/C21H33NO4S.C20H33NO4S/c1-20-11-9-15(26-27(24,25)22(3)4)13-14(20)5-6-16-17-7-8-19(23)21(17,2)12-10-18(16)20;1-20-11-10-16-15-7-5-14(25-26(23,24)21(2)3)12-13(15)4-6-17(16)18(20)8-9-19(20)22/h5,15-18H,6-13H2,1-4H3;13-18H,4-12H2,1-3H3. The van der Waals surface area contributed by atoms with E-state index in [0.29, 0.717) is 59.4 Å². The minimum absolute atomic E-state index is 0.0475. The van der Waals surface area contributed by atoms with Crippen molar-refractivity contribution in [3.05, 3.63) is 11.6 Å². The molecule has 8 aliphatic rings. The lowest BCUT2D eigenvalue weighted by Gasteiger charge is -2.56. The lowest BCUT2D eigenvalue weighted by molar-refractivity contribution is -0.133. The molecule has 0 aromatic carbocycles. The molecule has 7 saturated carbocycles. The predicted octanol–water partition coefficient (Wildman–Crippen LogP) is 7.11. The molecule has 0 aromatic rings. The molecule has 0 N–H and O–H groups in total. The largest absolute Gasteiger partial charge is 0.338 e. The van der Waals surface area contributed by atoms with Gasteiger partial charge in [0.25, 0.3) is 0 Å². The van der Waals surface area contributed by atoms with Crippen LogP contribution >= 0.6 is 0 Å². The Bertz CT molecular complexity index is 1690. The van der Waals surface area contributed by atoms with Crippen molar-refractivity contribution < 1.29 is 34.8 Å². The van der Waals surface area contributed by atoms with Crippen LogP contribution < -0.4 is 0 Å². The van der Waals surface area contributed by atoms with Crippen molar-refractivity contribution in [1.82, 2.24) is 8.61 Å². The summed E-state index contributed by atoms with van der Waals surface area (Å²) in [5.41, 5.74) is 1.39. The smallest absolute Gasteiger partial charge is 0.299 e. The zero-order valence-electron chi connectivity index (χ0n) is 33.3. The molecular weight excluding hydrogens is 713 g/mol. The van der Waals surface area contributed by atoms with E-state index in [9.17, 15) is 26.4 Å². The SMILES string of the molecule is CN(C)S(=O)(=O)OC1CCC2(C)C(=CCC3C4CCC(=O)C4(C)CCC32)C1.CN(C)S(=O)(=O)OC1CCC2C(CCC3C2CCC2(C)C(=O)CCC32)C1. The third-order valence-corrected chi connectivity index (χ3v) is 19.6. The Morgan fingerprint density at radius 1 is 0.585 bits per heavy atom. The molecule has 0 heterocycles. The van der Waals surface area contributed by atoms with Gasteiger partial charge < -0.3 is 0 Å². The summed E-state index contributed by atoms with van der Waals surface area (Å²) in [5, 5.41) is 0. The molecule has 13 unspecified atom stereocenters. The van der Waals surface area contributed by atoms with Crippen LogP contribution in [0.3, 0.4) is 0 Å². The second-order valence-electron chi connectivity index (χ2n) is 19.5. The van der Waals surface area contributed by atoms with Gasteiger partial charge in [0.2, 0.25) is 0 Å². The summed E-state index contributed by atoms with van der Waals surface area (Å²) < 4.78 is 61.6. The molecule has 0 amide bonds. The van der Waals surface area contributed by atoms with E-state index in [4.69, 9.17) is 8.37 Å². The number of allylic oxidation sites excluding steroid dienone is 1. The fourth-order valence-corrected chi connectivity index (χ4v) is 15.0. The van der Waals surface area contributed by atoms with Crippen LogP contribution in [0, 0.1) is 63.6 Å². The Hall–Kier alpha value is -1.18. The number of ketones is 2. The summed E-state index contributed by atoms with van der Waals surface area (Å²) in [5.74, 6) is 6.09. The lowest BCUT2D eigenvalue weighted by atomic mass is 9.48. The summed E-state index contributed by atoms with van der Waals surface area (Å²) in [4.78, 5) is 24.9. The first-order valence-corrected chi connectivity index (χ1v) is 23.5. The van der Waals surface area contributed by atoms with E-state index in [1.165, 1.54) is 53.0 Å². The van der Waals surface area contributed by atoms with Crippen LogP contribution in [0.1, 0.15) is 130 Å². The zero-order chi connectivity index (χ0) is 38.3. The maximum absolute atomic E-state index is 12.5. The average Bonchev–Trinajstić information content (AvgIpc) is 3.58. The summed E-state index contributed by atoms with van der Waals surface area (Å²) in [7, 11) is -1.16. The molecule has 53 heavy (non-hydrogen) atoms. The number of carbonyl (C=O) groups excluding carboxylic acids is 2. The van der Waals surface area contributed by atoms with E-state index in [0.717, 1.165) is 98.0 Å². The average molecular weight is 779 g/mol. The van der Waals surface area contributed by atoms with Gasteiger partial charge in [-0.2, -0.15) is 25.4 Å². The monoisotopic (exact) mass is 778 g/mol. The minimum Gasteiger partial charge on any atom is -0.299 e. The molecule has 8 rings (SSSR count). The van der Waals surface area contributed by atoms with Gasteiger partial charge in [-0.05, 0) is 149 Å². The Morgan fingerprint density at radius 2 is 1.11 bits per heavy atom. The third kappa shape index (κ3) is 6.97. The molecule has 13 atom stereocenters. The molecule has 300 valence electrons. The zero-order valence-corrected chi connectivity index (χ0v) is 35.0. The highest BCUT2D eigenvalue weighted by atomic mass is 32.2. The van der Waals surface area contributed by atoms with Crippen LogP contribution in [-0.2, 0) is 38.6 Å². The second-order valence-corrected chi connectivity index (χ2v) is 23.1. The van der Waals surface area contributed by atoms with E-state index < -0.39 is 20.6 Å². The molecule has 12 heteroatoms. The summed E-state index contributed by atoms with van der Waals surface area (Å²) >= 11 is 0. The Morgan fingerprint density at radius 3 is 1.74 bits per heavy atom. The molecule has 10 nitrogen and oxygen atoms in total. The number of hydrogen-bond donors (Lipinski definition) is 0. The highest BCUT2D eigenvalue weighted by molar-refractivity contribution is 7.84. The Balaban J connectivity index is 0.000000164. The normalized spacial score (nSPS) is 45.2. The highest BCUT2D eigenvalue weighted by Crippen LogP contribution is 2.65. The first-order valence-electron chi connectivity index (χ1n) is 20.8. The van der Waals surface area contributed by atoms with E-state index in [1.54, 1.807) is 0 Å². The van der Waals surface area contributed by atoms with Gasteiger partial charge in [0.1, 0.15) is 11.6 Å². The molecule has 0 spiro atoms. The maximum Gasteiger partial charge on any atom is 0.338 e. The Labute approximate surface area is 320 Å². The third-order valence-electron chi connectivity index (χ3n) is 16.8. The summed E-state index contributed by atoms with van der Waals surface area (Å²) in [6, 6.07) is 0. The number of Topliss-reactive ketones (excluding diaryl/α,β-unsaturated/α-hetero) is 2. The van der Waals surface area contributed by atoms with Gasteiger partial charge in [-0.3, -0.25) is 18.0 Å². The highest BCUT2D eigenvalue weighted by Gasteiger charge is 2.59. The van der Waals surface area contributed by atoms with Gasteiger partial charge in [-0.1, -0.05) is 32.4 Å². The molecule has 8 aliphatic carbocycles. The second kappa shape index (κ2) is 14.3. The quantitative estimate of drug-likeness (QED) is 0.261. The molecule has 0 radical (unpaired) electrons. The van der Waals surface area contributed by atoms with Crippen LogP contribution in [0.4, 0.5) is 0 Å². The van der Waals surface area contributed by atoms with E-state index >= 15 is 0 Å². The van der Waals surface area contributed by atoms with Crippen molar-refractivity contribution in [3.8, 4) is 0 Å². The number of rotatable bonds is 6. The lowest BCUT2D eigenvalue weighted by Crippen LogP contribution is -2.50. The van der Waals surface area contributed by atoms with E-state index in [2.05, 4.69) is 26.8 Å². The van der Waals surface area contributed by atoms with Crippen LogP contribution in [0.5, 0.6) is 0 Å². The van der Waals surface area contributed by atoms with Crippen LogP contribution in [0.2, 0.25) is 0 Å². The summed E-state index contributed by atoms with van der Waals surface area (Å²) in [6.07, 6.45) is 18.8. The van der Waals surface area contributed by atoms with Gasteiger partial charge in [-0.25, -0.2) is 0 Å². The van der Waals surface area contributed by atoms with Crippen molar-refractivity contribution in [3.63, 3.8) is 0 Å². The first kappa shape index (κ1) is 40.0.